The van der Waals surface area contributed by atoms with Crippen LogP contribution in [0.3, 0.4) is 0 Å². The van der Waals surface area contributed by atoms with Crippen LogP contribution in [0, 0.1) is 13.8 Å². The molecule has 124 valence electrons. The van der Waals surface area contributed by atoms with Gasteiger partial charge in [-0.15, -0.1) is 5.10 Å². The Kier molecular flexibility index (Phi) is 5.25. The minimum Gasteiger partial charge on any atom is -0.450 e. The molecule has 23 heavy (non-hydrogen) atoms. The molecule has 8 heteroatoms. The fourth-order valence-corrected chi connectivity index (χ4v) is 2.27. The van der Waals surface area contributed by atoms with Crippen molar-refractivity contribution in [3.05, 3.63) is 23.3 Å². The van der Waals surface area contributed by atoms with E-state index in [-0.39, 0.29) is 24.4 Å². The van der Waals surface area contributed by atoms with E-state index in [4.69, 9.17) is 4.74 Å². The highest BCUT2D eigenvalue weighted by atomic mass is 16.5. The average Bonchev–Trinajstić information content (AvgIpc) is 2.89. The van der Waals surface area contributed by atoms with Gasteiger partial charge in [0.1, 0.15) is 0 Å². The summed E-state index contributed by atoms with van der Waals surface area (Å²) in [7, 11) is 0. The Morgan fingerprint density at radius 1 is 1.35 bits per heavy atom. The van der Waals surface area contributed by atoms with Crippen molar-refractivity contribution in [1.82, 2.24) is 24.9 Å². The number of rotatable bonds is 6. The lowest BCUT2D eigenvalue weighted by atomic mass is 10.2. The summed E-state index contributed by atoms with van der Waals surface area (Å²) in [6, 6.07) is 1.88. The van der Waals surface area contributed by atoms with E-state index in [0.29, 0.717) is 5.78 Å². The van der Waals surface area contributed by atoms with Crippen molar-refractivity contribution in [2.45, 2.75) is 46.6 Å². The van der Waals surface area contributed by atoms with Crippen LogP contribution >= 0.6 is 0 Å². The van der Waals surface area contributed by atoms with Gasteiger partial charge in [0.05, 0.1) is 0 Å². The number of nitrogens with one attached hydrogen (secondary N) is 1. The van der Waals surface area contributed by atoms with E-state index in [1.165, 1.54) is 4.52 Å². The maximum absolute atomic E-state index is 12.0. The quantitative estimate of drug-likeness (QED) is 0.803. The molecule has 8 nitrogen and oxygen atoms in total. The molecule has 1 N–H and O–H groups in total. The first-order chi connectivity index (χ1) is 10.9. The number of carbonyl (C=O) groups excluding carboxylic acids is 2. The van der Waals surface area contributed by atoms with Gasteiger partial charge < -0.3 is 10.1 Å². The maximum atomic E-state index is 12.0. The summed E-state index contributed by atoms with van der Waals surface area (Å²) in [5, 5.41) is 6.81. The molecule has 0 fully saturated rings. The van der Waals surface area contributed by atoms with Gasteiger partial charge in [0.2, 0.25) is 0 Å². The Balaban J connectivity index is 1.98. The van der Waals surface area contributed by atoms with Crippen LogP contribution in [0.1, 0.15) is 48.7 Å². The molecular formula is C15H21N5O3. The summed E-state index contributed by atoms with van der Waals surface area (Å²) in [5.41, 5.74) is 1.59. The van der Waals surface area contributed by atoms with E-state index in [9.17, 15) is 9.59 Å². The second-order valence-corrected chi connectivity index (χ2v) is 5.52. The lowest BCUT2D eigenvalue weighted by Crippen LogP contribution is -2.35. The highest BCUT2D eigenvalue weighted by Gasteiger charge is 2.18. The topological polar surface area (TPSA) is 98.5 Å². The van der Waals surface area contributed by atoms with E-state index in [1.807, 2.05) is 33.8 Å². The van der Waals surface area contributed by atoms with Crippen LogP contribution in [0.25, 0.3) is 5.78 Å². The second-order valence-electron chi connectivity index (χ2n) is 5.52. The van der Waals surface area contributed by atoms with E-state index in [1.54, 1.807) is 0 Å². The van der Waals surface area contributed by atoms with E-state index < -0.39 is 5.97 Å². The molecule has 1 amide bonds. The van der Waals surface area contributed by atoms with Crippen molar-refractivity contribution in [2.24, 2.45) is 0 Å². The molecule has 0 aliphatic heterocycles. The third-order valence-electron chi connectivity index (χ3n) is 3.26. The van der Waals surface area contributed by atoms with Crippen LogP contribution < -0.4 is 5.32 Å². The Labute approximate surface area is 134 Å². The van der Waals surface area contributed by atoms with Crippen molar-refractivity contribution in [3.63, 3.8) is 0 Å². The molecule has 0 saturated carbocycles. The molecule has 0 radical (unpaired) electrons. The maximum Gasteiger partial charge on any atom is 0.378 e. The zero-order valence-corrected chi connectivity index (χ0v) is 13.8. The molecule has 2 heterocycles. The Morgan fingerprint density at radius 2 is 2.09 bits per heavy atom. The van der Waals surface area contributed by atoms with Gasteiger partial charge in [-0.2, -0.15) is 4.98 Å². The molecule has 0 unspecified atom stereocenters. The SMILES string of the molecule is CCC[C@H](C)NC(=O)COC(=O)c1nc2nc(C)cc(C)n2n1. The fraction of sp³-hybridized carbons (Fsp3) is 0.533. The van der Waals surface area contributed by atoms with Gasteiger partial charge in [-0.05, 0) is 33.3 Å². The monoisotopic (exact) mass is 319 g/mol. The van der Waals surface area contributed by atoms with Gasteiger partial charge >= 0.3 is 5.97 Å². The van der Waals surface area contributed by atoms with Crippen molar-refractivity contribution in [3.8, 4) is 0 Å². The number of hydrogen-bond acceptors (Lipinski definition) is 6. The van der Waals surface area contributed by atoms with E-state index in [2.05, 4.69) is 20.4 Å². The first kappa shape index (κ1) is 16.9. The second kappa shape index (κ2) is 7.17. The Hall–Kier alpha value is -2.51. The minimum atomic E-state index is -0.745. The number of aryl methyl sites for hydroxylation is 2. The minimum absolute atomic E-state index is 0.0503. The summed E-state index contributed by atoms with van der Waals surface area (Å²) in [6.07, 6.45) is 1.84. The largest absolute Gasteiger partial charge is 0.450 e. The van der Waals surface area contributed by atoms with Gasteiger partial charge in [-0.25, -0.2) is 14.3 Å². The third-order valence-corrected chi connectivity index (χ3v) is 3.26. The number of esters is 1. The first-order valence-electron chi connectivity index (χ1n) is 7.58. The highest BCUT2D eigenvalue weighted by Crippen LogP contribution is 2.06. The Morgan fingerprint density at radius 3 is 2.78 bits per heavy atom. The van der Waals surface area contributed by atoms with Crippen molar-refractivity contribution in [2.75, 3.05) is 6.61 Å². The van der Waals surface area contributed by atoms with Crippen LogP contribution in [-0.2, 0) is 9.53 Å². The molecular weight excluding hydrogens is 298 g/mol. The standard InChI is InChI=1S/C15H21N5O3/c1-5-6-9(2)16-12(21)8-23-14(22)13-18-15-17-10(3)7-11(4)20(15)19-13/h7,9H,5-6,8H2,1-4H3,(H,16,21)/t9-/m0/s1. The zero-order chi connectivity index (χ0) is 17.0. The molecule has 0 spiro atoms. The molecule has 0 aromatic carbocycles. The molecule has 0 aliphatic carbocycles. The Bertz CT molecular complexity index is 725. The molecule has 2 aromatic rings. The van der Waals surface area contributed by atoms with Crippen molar-refractivity contribution >= 4 is 17.7 Å². The van der Waals surface area contributed by atoms with Crippen molar-refractivity contribution in [1.29, 1.82) is 0 Å². The molecule has 2 aromatic heterocycles. The van der Waals surface area contributed by atoms with Crippen LogP contribution in [0.5, 0.6) is 0 Å². The first-order valence-corrected chi connectivity index (χ1v) is 7.58. The summed E-state index contributed by atoms with van der Waals surface area (Å²) >= 11 is 0. The number of nitrogens with zero attached hydrogens (tertiary/aromatic N) is 4. The predicted octanol–water partition coefficient (Wildman–Crippen LogP) is 1.20. The smallest absolute Gasteiger partial charge is 0.378 e. The van der Waals surface area contributed by atoms with Crippen LogP contribution in [0.4, 0.5) is 0 Å². The predicted molar refractivity (Wildman–Crippen MR) is 83.1 cm³/mol. The van der Waals surface area contributed by atoms with Crippen LogP contribution in [0.2, 0.25) is 0 Å². The van der Waals surface area contributed by atoms with Crippen molar-refractivity contribution < 1.29 is 14.3 Å². The van der Waals surface area contributed by atoms with E-state index in [0.717, 1.165) is 24.2 Å². The van der Waals surface area contributed by atoms with Crippen LogP contribution in [-0.4, -0.2) is 44.1 Å². The van der Waals surface area contributed by atoms with Gasteiger partial charge in [-0.3, -0.25) is 4.79 Å². The summed E-state index contributed by atoms with van der Waals surface area (Å²) < 4.78 is 6.42. The number of amides is 1. The highest BCUT2D eigenvalue weighted by molar-refractivity contribution is 5.88. The van der Waals surface area contributed by atoms with Gasteiger partial charge in [0, 0.05) is 17.4 Å². The lowest BCUT2D eigenvalue weighted by Gasteiger charge is -2.12. The number of fused-ring (bicyclic) bond motifs is 1. The molecule has 0 bridgehead atoms. The summed E-state index contributed by atoms with van der Waals surface area (Å²) in [6.45, 7) is 7.27. The number of hydrogen-bond donors (Lipinski definition) is 1. The molecule has 0 saturated heterocycles. The zero-order valence-electron chi connectivity index (χ0n) is 13.8. The van der Waals surface area contributed by atoms with Gasteiger partial charge in [0.15, 0.2) is 6.61 Å². The number of ether oxygens (including phenoxy) is 1. The fourth-order valence-electron chi connectivity index (χ4n) is 2.27. The number of carbonyl (C=O) groups is 2. The normalized spacial score (nSPS) is 12.2. The van der Waals surface area contributed by atoms with E-state index >= 15 is 0 Å². The molecule has 1 atom stereocenters. The molecule has 2 rings (SSSR count). The van der Waals surface area contributed by atoms with Gasteiger partial charge in [0.25, 0.3) is 17.5 Å². The average molecular weight is 319 g/mol. The third kappa shape index (κ3) is 4.24. The summed E-state index contributed by atoms with van der Waals surface area (Å²) in [4.78, 5) is 31.9. The number of aromatic nitrogens is 4. The summed E-state index contributed by atoms with van der Waals surface area (Å²) in [5.74, 6) is -0.866. The lowest BCUT2D eigenvalue weighted by molar-refractivity contribution is -0.124. The molecule has 0 aliphatic rings. The van der Waals surface area contributed by atoms with Gasteiger partial charge in [-0.1, -0.05) is 13.3 Å². The van der Waals surface area contributed by atoms with Crippen LogP contribution in [0.15, 0.2) is 6.07 Å².